The minimum Gasteiger partial charge on any atom is -0.469 e. The van der Waals surface area contributed by atoms with E-state index in [1.807, 2.05) is 0 Å². The summed E-state index contributed by atoms with van der Waals surface area (Å²) in [6, 6.07) is 3.00. The molecule has 0 aromatic carbocycles. The first-order valence-corrected chi connectivity index (χ1v) is 5.41. The van der Waals surface area contributed by atoms with Crippen LogP contribution in [0.4, 0.5) is 5.82 Å². The SMILES string of the molecule is COC(=O)CC(=NNc1ccc(Cl)nn1)C(=O)OC. The van der Waals surface area contributed by atoms with Crippen LogP contribution >= 0.6 is 11.6 Å². The number of anilines is 1. The van der Waals surface area contributed by atoms with Gasteiger partial charge in [0.05, 0.1) is 20.6 Å². The maximum atomic E-state index is 11.4. The van der Waals surface area contributed by atoms with Crippen LogP contribution in [0.1, 0.15) is 6.42 Å². The Morgan fingerprint density at radius 2 is 2.05 bits per heavy atom. The highest BCUT2D eigenvalue weighted by atomic mass is 35.5. The van der Waals surface area contributed by atoms with Crippen molar-refractivity contribution < 1.29 is 19.1 Å². The van der Waals surface area contributed by atoms with Crippen molar-refractivity contribution in [3.8, 4) is 0 Å². The van der Waals surface area contributed by atoms with Crippen molar-refractivity contribution >= 4 is 35.1 Å². The molecular formula is C10H11ClN4O4. The summed E-state index contributed by atoms with van der Waals surface area (Å²) in [4.78, 5) is 22.5. The number of rotatable bonds is 5. The van der Waals surface area contributed by atoms with E-state index in [9.17, 15) is 9.59 Å². The van der Waals surface area contributed by atoms with Gasteiger partial charge in [-0.1, -0.05) is 11.6 Å². The van der Waals surface area contributed by atoms with Gasteiger partial charge in [0.15, 0.2) is 16.7 Å². The second-order valence-corrected chi connectivity index (χ2v) is 3.54. The first kappa shape index (κ1) is 14.8. The number of ether oxygens (including phenoxy) is 2. The molecule has 9 heteroatoms. The largest absolute Gasteiger partial charge is 0.469 e. The van der Waals surface area contributed by atoms with Crippen LogP contribution in [0, 0.1) is 0 Å². The molecule has 102 valence electrons. The Bertz CT molecular complexity index is 489. The third kappa shape index (κ3) is 4.88. The predicted molar refractivity (Wildman–Crippen MR) is 66.7 cm³/mol. The second kappa shape index (κ2) is 7.27. The van der Waals surface area contributed by atoms with Crippen LogP contribution in [0.5, 0.6) is 0 Å². The van der Waals surface area contributed by atoms with Gasteiger partial charge in [-0.05, 0) is 12.1 Å². The molecule has 1 aromatic heterocycles. The van der Waals surface area contributed by atoms with Crippen molar-refractivity contribution in [1.29, 1.82) is 0 Å². The summed E-state index contributed by atoms with van der Waals surface area (Å²) in [5.41, 5.74) is 2.32. The van der Waals surface area contributed by atoms with Gasteiger partial charge < -0.3 is 9.47 Å². The molecule has 8 nitrogen and oxygen atoms in total. The molecule has 0 aliphatic heterocycles. The Morgan fingerprint density at radius 3 is 2.58 bits per heavy atom. The van der Waals surface area contributed by atoms with Crippen LogP contribution in [0.15, 0.2) is 17.2 Å². The molecule has 0 fully saturated rings. The molecular weight excluding hydrogens is 276 g/mol. The fraction of sp³-hybridized carbons (Fsp3) is 0.300. The van der Waals surface area contributed by atoms with Gasteiger partial charge in [0, 0.05) is 0 Å². The van der Waals surface area contributed by atoms with Crippen LogP contribution in [0.2, 0.25) is 5.15 Å². The molecule has 1 N–H and O–H groups in total. The van der Waals surface area contributed by atoms with Crippen LogP contribution < -0.4 is 5.43 Å². The molecule has 0 saturated carbocycles. The number of nitrogens with one attached hydrogen (secondary N) is 1. The average Bonchev–Trinajstić information content (AvgIpc) is 2.43. The summed E-state index contributed by atoms with van der Waals surface area (Å²) < 4.78 is 8.93. The molecule has 0 bridgehead atoms. The predicted octanol–water partition coefficient (Wildman–Crippen LogP) is 0.634. The highest BCUT2D eigenvalue weighted by molar-refractivity contribution is 6.39. The van der Waals surface area contributed by atoms with E-state index in [1.165, 1.54) is 26.4 Å². The summed E-state index contributed by atoms with van der Waals surface area (Å²) in [6.07, 6.45) is -0.322. The Labute approximate surface area is 113 Å². The van der Waals surface area contributed by atoms with Gasteiger partial charge in [0.25, 0.3) is 0 Å². The number of hydrazone groups is 1. The molecule has 0 unspecified atom stereocenters. The zero-order valence-corrected chi connectivity index (χ0v) is 11.0. The Kier molecular flexibility index (Phi) is 5.68. The second-order valence-electron chi connectivity index (χ2n) is 3.16. The van der Waals surface area contributed by atoms with E-state index < -0.39 is 11.9 Å². The number of carbonyl (C=O) groups is 2. The minimum atomic E-state index is -0.750. The standard InChI is InChI=1S/C10H11ClN4O4/c1-18-9(16)5-6(10(17)19-2)12-14-8-4-3-7(11)13-15-8/h3-4H,5H2,1-2H3,(H,14,15). The lowest BCUT2D eigenvalue weighted by Gasteiger charge is -2.04. The quantitative estimate of drug-likeness (QED) is 0.481. The summed E-state index contributed by atoms with van der Waals surface area (Å²) in [5.74, 6) is -1.11. The van der Waals surface area contributed by atoms with E-state index in [2.05, 4.69) is 30.2 Å². The molecule has 1 rings (SSSR count). The van der Waals surface area contributed by atoms with Crippen LogP contribution in [0.25, 0.3) is 0 Å². The molecule has 19 heavy (non-hydrogen) atoms. The van der Waals surface area contributed by atoms with Gasteiger partial charge in [-0.15, -0.1) is 10.2 Å². The maximum absolute atomic E-state index is 11.4. The van der Waals surface area contributed by atoms with E-state index in [-0.39, 0.29) is 23.1 Å². The molecule has 0 aliphatic rings. The lowest BCUT2D eigenvalue weighted by molar-refractivity contribution is -0.140. The number of esters is 2. The van der Waals surface area contributed by atoms with Crippen molar-refractivity contribution in [1.82, 2.24) is 10.2 Å². The minimum absolute atomic E-state index is 0.147. The lowest BCUT2D eigenvalue weighted by atomic mass is 10.3. The number of methoxy groups -OCH3 is 2. The summed E-state index contributed by atoms with van der Waals surface area (Å²) >= 11 is 5.56. The third-order valence-electron chi connectivity index (χ3n) is 1.90. The van der Waals surface area contributed by atoms with E-state index in [4.69, 9.17) is 11.6 Å². The number of nitrogens with zero attached hydrogens (tertiary/aromatic N) is 3. The normalized spacial score (nSPS) is 10.8. The van der Waals surface area contributed by atoms with Crippen molar-refractivity contribution in [2.24, 2.45) is 5.10 Å². The molecule has 1 heterocycles. The number of carbonyl (C=O) groups excluding carboxylic acids is 2. The lowest BCUT2D eigenvalue weighted by Crippen LogP contribution is -2.21. The van der Waals surface area contributed by atoms with Gasteiger partial charge >= 0.3 is 11.9 Å². The summed E-state index contributed by atoms with van der Waals surface area (Å²) in [6.45, 7) is 0. The number of hydrogen-bond donors (Lipinski definition) is 1. The maximum Gasteiger partial charge on any atom is 0.354 e. The topological polar surface area (TPSA) is 103 Å². The Balaban J connectivity index is 2.79. The number of hydrogen-bond acceptors (Lipinski definition) is 8. The number of aromatic nitrogens is 2. The summed E-state index contributed by atoms with van der Waals surface area (Å²) in [7, 11) is 2.38. The van der Waals surface area contributed by atoms with E-state index in [1.54, 1.807) is 0 Å². The van der Waals surface area contributed by atoms with E-state index in [0.29, 0.717) is 0 Å². The van der Waals surface area contributed by atoms with E-state index >= 15 is 0 Å². The zero-order chi connectivity index (χ0) is 14.3. The van der Waals surface area contributed by atoms with Crippen molar-refractivity contribution in [2.75, 3.05) is 19.6 Å². The highest BCUT2D eigenvalue weighted by Crippen LogP contribution is 2.06. The zero-order valence-electron chi connectivity index (χ0n) is 10.2. The highest BCUT2D eigenvalue weighted by Gasteiger charge is 2.17. The molecule has 0 spiro atoms. The fourth-order valence-electron chi connectivity index (χ4n) is 0.984. The van der Waals surface area contributed by atoms with Gasteiger partial charge in [-0.25, -0.2) is 4.79 Å². The van der Waals surface area contributed by atoms with Gasteiger partial charge in [-0.2, -0.15) is 5.10 Å². The van der Waals surface area contributed by atoms with Gasteiger partial charge in [0.1, 0.15) is 0 Å². The number of halogens is 1. The molecule has 0 atom stereocenters. The molecule has 0 amide bonds. The van der Waals surface area contributed by atoms with Crippen LogP contribution in [-0.2, 0) is 19.1 Å². The fourth-order valence-corrected chi connectivity index (χ4v) is 1.09. The Hall–Kier alpha value is -2.22. The Morgan fingerprint density at radius 1 is 1.32 bits per heavy atom. The molecule has 0 aliphatic carbocycles. The van der Waals surface area contributed by atoms with Crippen LogP contribution in [-0.4, -0.2) is 42.1 Å². The van der Waals surface area contributed by atoms with Gasteiger partial charge in [-0.3, -0.25) is 10.2 Å². The average molecular weight is 287 g/mol. The summed E-state index contributed by atoms with van der Waals surface area (Å²) in [5, 5.41) is 11.2. The van der Waals surface area contributed by atoms with E-state index in [0.717, 1.165) is 0 Å². The van der Waals surface area contributed by atoms with Crippen molar-refractivity contribution in [3.63, 3.8) is 0 Å². The third-order valence-corrected chi connectivity index (χ3v) is 2.10. The first-order valence-electron chi connectivity index (χ1n) is 5.03. The molecule has 1 aromatic rings. The van der Waals surface area contributed by atoms with Crippen molar-refractivity contribution in [3.05, 3.63) is 17.3 Å². The van der Waals surface area contributed by atoms with Gasteiger partial charge in [0.2, 0.25) is 0 Å². The first-order chi connectivity index (χ1) is 9.06. The molecule has 0 radical (unpaired) electrons. The van der Waals surface area contributed by atoms with Crippen molar-refractivity contribution in [2.45, 2.75) is 6.42 Å². The smallest absolute Gasteiger partial charge is 0.354 e. The monoisotopic (exact) mass is 286 g/mol. The molecule has 0 saturated heterocycles. The van der Waals surface area contributed by atoms with Crippen LogP contribution in [0.3, 0.4) is 0 Å².